The van der Waals surface area contributed by atoms with E-state index in [1.807, 2.05) is 0 Å². The van der Waals surface area contributed by atoms with Gasteiger partial charge in [0.25, 0.3) is 0 Å². The molecule has 1 saturated carbocycles. The predicted octanol–water partition coefficient (Wildman–Crippen LogP) is 1.69. The van der Waals surface area contributed by atoms with Gasteiger partial charge in [0, 0.05) is 0 Å². The summed E-state index contributed by atoms with van der Waals surface area (Å²) in [4.78, 5) is 10.9. The van der Waals surface area contributed by atoms with Crippen LogP contribution in [0.3, 0.4) is 0 Å². The van der Waals surface area contributed by atoms with Crippen LogP contribution in [0.4, 0.5) is 4.39 Å². The molecule has 0 aliphatic heterocycles. The van der Waals surface area contributed by atoms with Crippen LogP contribution in [0.5, 0.6) is 0 Å². The van der Waals surface area contributed by atoms with E-state index in [9.17, 15) is 9.18 Å². The third-order valence-electron chi connectivity index (χ3n) is 2.14. The largest absolute Gasteiger partial charge is 0.469 e. The van der Waals surface area contributed by atoms with Gasteiger partial charge in [-0.3, -0.25) is 4.79 Å². The number of methoxy groups -OCH3 is 1. The fourth-order valence-corrected chi connectivity index (χ4v) is 1.51. The summed E-state index contributed by atoms with van der Waals surface area (Å²) in [7, 11) is 1.35. The summed E-state index contributed by atoms with van der Waals surface area (Å²) >= 11 is 0. The Hall–Kier alpha value is -0.600. The maximum Gasteiger partial charge on any atom is 0.308 e. The van der Waals surface area contributed by atoms with Gasteiger partial charge in [-0.25, -0.2) is 4.39 Å². The lowest BCUT2D eigenvalue weighted by atomic mass is 9.88. The Balaban J connectivity index is 2.39. The van der Waals surface area contributed by atoms with E-state index in [2.05, 4.69) is 4.74 Å². The first-order chi connectivity index (χ1) is 5.24. The molecule has 1 aliphatic rings. The summed E-state index contributed by atoms with van der Waals surface area (Å²) in [5.74, 6) is -0.448. The quantitative estimate of drug-likeness (QED) is 0.545. The Morgan fingerprint density at radius 3 is 2.82 bits per heavy atom. The fraction of sp³-hybridized carbons (Fsp3) is 0.875. The van der Waals surface area contributed by atoms with Crippen molar-refractivity contribution in [2.75, 3.05) is 7.11 Å². The van der Waals surface area contributed by atoms with Crippen molar-refractivity contribution < 1.29 is 13.9 Å². The number of carbonyl (C=O) groups is 1. The number of halogens is 1. The van der Waals surface area contributed by atoms with Crippen LogP contribution in [-0.4, -0.2) is 19.3 Å². The van der Waals surface area contributed by atoms with E-state index in [-0.39, 0.29) is 11.9 Å². The number of rotatable bonds is 1. The van der Waals surface area contributed by atoms with Gasteiger partial charge in [-0.2, -0.15) is 0 Å². The number of ether oxygens (including phenoxy) is 1. The number of hydrogen-bond donors (Lipinski definition) is 0. The highest BCUT2D eigenvalue weighted by atomic mass is 19.1. The molecule has 0 aromatic carbocycles. The van der Waals surface area contributed by atoms with E-state index in [4.69, 9.17) is 0 Å². The van der Waals surface area contributed by atoms with Gasteiger partial charge in [0.1, 0.15) is 6.17 Å². The lowest BCUT2D eigenvalue weighted by Gasteiger charge is -2.21. The number of alkyl halides is 1. The van der Waals surface area contributed by atoms with Gasteiger partial charge < -0.3 is 4.74 Å². The Morgan fingerprint density at radius 2 is 2.27 bits per heavy atom. The van der Waals surface area contributed by atoms with Gasteiger partial charge in [0.2, 0.25) is 0 Å². The third kappa shape index (κ3) is 2.17. The van der Waals surface area contributed by atoms with E-state index >= 15 is 0 Å². The molecular weight excluding hydrogens is 147 g/mol. The van der Waals surface area contributed by atoms with Crippen LogP contribution >= 0.6 is 0 Å². The summed E-state index contributed by atoms with van der Waals surface area (Å²) in [6.07, 6.45) is 1.75. The Kier molecular flexibility index (Phi) is 2.85. The average molecular weight is 160 g/mol. The summed E-state index contributed by atoms with van der Waals surface area (Å²) < 4.78 is 17.3. The predicted molar refractivity (Wildman–Crippen MR) is 38.9 cm³/mol. The minimum Gasteiger partial charge on any atom is -0.469 e. The molecule has 0 heterocycles. The molecule has 0 spiro atoms. The topological polar surface area (TPSA) is 26.3 Å². The molecule has 1 unspecified atom stereocenters. The summed E-state index contributed by atoms with van der Waals surface area (Å²) in [6, 6.07) is 0. The normalized spacial score (nSPS) is 31.5. The molecule has 0 radical (unpaired) electrons. The van der Waals surface area contributed by atoms with Crippen molar-refractivity contribution in [1.82, 2.24) is 0 Å². The monoisotopic (exact) mass is 160 g/mol. The second-order valence-electron chi connectivity index (χ2n) is 2.98. The van der Waals surface area contributed by atoms with Crippen LogP contribution in [0.1, 0.15) is 25.7 Å². The van der Waals surface area contributed by atoms with Crippen LogP contribution in [0, 0.1) is 5.92 Å². The van der Waals surface area contributed by atoms with Crippen LogP contribution in [0.15, 0.2) is 0 Å². The third-order valence-corrected chi connectivity index (χ3v) is 2.14. The molecule has 1 aliphatic carbocycles. The molecular formula is C8H13FO2. The SMILES string of the molecule is COC(=O)C1CCC[C@H](F)C1. The van der Waals surface area contributed by atoms with Gasteiger partial charge in [0.05, 0.1) is 13.0 Å². The van der Waals surface area contributed by atoms with Crippen molar-refractivity contribution in [3.05, 3.63) is 0 Å². The Labute approximate surface area is 65.7 Å². The summed E-state index contributed by atoms with van der Waals surface area (Å²) in [5, 5.41) is 0. The van der Waals surface area contributed by atoms with E-state index in [1.165, 1.54) is 7.11 Å². The first-order valence-corrected chi connectivity index (χ1v) is 3.96. The van der Waals surface area contributed by atoms with Crippen molar-refractivity contribution >= 4 is 5.97 Å². The van der Waals surface area contributed by atoms with Crippen molar-refractivity contribution in [2.24, 2.45) is 5.92 Å². The summed E-state index contributed by atoms with van der Waals surface area (Å²) in [6.45, 7) is 0. The van der Waals surface area contributed by atoms with Crippen molar-refractivity contribution in [3.63, 3.8) is 0 Å². The number of hydrogen-bond acceptors (Lipinski definition) is 2. The molecule has 0 aromatic heterocycles. The zero-order valence-electron chi connectivity index (χ0n) is 6.68. The van der Waals surface area contributed by atoms with Crippen LogP contribution < -0.4 is 0 Å². The summed E-state index contributed by atoms with van der Waals surface area (Å²) in [5.41, 5.74) is 0. The van der Waals surface area contributed by atoms with Crippen LogP contribution in [0.25, 0.3) is 0 Å². The second kappa shape index (κ2) is 3.69. The van der Waals surface area contributed by atoms with Gasteiger partial charge in [0.15, 0.2) is 0 Å². The molecule has 1 rings (SSSR count). The van der Waals surface area contributed by atoms with Crippen molar-refractivity contribution in [1.29, 1.82) is 0 Å². The zero-order valence-corrected chi connectivity index (χ0v) is 6.68. The lowest BCUT2D eigenvalue weighted by molar-refractivity contribution is -0.147. The maximum atomic E-state index is 12.7. The molecule has 1 fully saturated rings. The highest BCUT2D eigenvalue weighted by Crippen LogP contribution is 2.26. The highest BCUT2D eigenvalue weighted by molar-refractivity contribution is 5.72. The minimum absolute atomic E-state index is 0.191. The minimum atomic E-state index is -0.798. The maximum absolute atomic E-state index is 12.7. The lowest BCUT2D eigenvalue weighted by Crippen LogP contribution is -2.24. The van der Waals surface area contributed by atoms with Crippen LogP contribution in [-0.2, 0) is 9.53 Å². The molecule has 64 valence electrons. The second-order valence-corrected chi connectivity index (χ2v) is 2.98. The first kappa shape index (κ1) is 8.50. The highest BCUT2D eigenvalue weighted by Gasteiger charge is 2.27. The number of esters is 1. The molecule has 2 atom stereocenters. The Bertz CT molecular complexity index is 147. The van der Waals surface area contributed by atoms with E-state index < -0.39 is 6.17 Å². The molecule has 11 heavy (non-hydrogen) atoms. The van der Waals surface area contributed by atoms with Gasteiger partial charge in [-0.05, 0) is 25.7 Å². The number of carbonyl (C=O) groups excluding carboxylic acids is 1. The van der Waals surface area contributed by atoms with Crippen LogP contribution in [0.2, 0.25) is 0 Å². The molecule has 0 saturated heterocycles. The Morgan fingerprint density at radius 1 is 1.55 bits per heavy atom. The van der Waals surface area contributed by atoms with Crippen molar-refractivity contribution in [2.45, 2.75) is 31.9 Å². The van der Waals surface area contributed by atoms with Crippen molar-refractivity contribution in [3.8, 4) is 0 Å². The van der Waals surface area contributed by atoms with E-state index in [0.717, 1.165) is 12.8 Å². The van der Waals surface area contributed by atoms with Gasteiger partial charge >= 0.3 is 5.97 Å². The molecule has 3 heteroatoms. The van der Waals surface area contributed by atoms with Gasteiger partial charge in [-0.1, -0.05) is 0 Å². The van der Waals surface area contributed by atoms with E-state index in [1.54, 1.807) is 0 Å². The standard InChI is InChI=1S/C8H13FO2/c1-11-8(10)6-3-2-4-7(9)5-6/h6-7H,2-5H2,1H3/t6?,7-/m0/s1. The molecule has 0 N–H and O–H groups in total. The van der Waals surface area contributed by atoms with E-state index in [0.29, 0.717) is 12.8 Å². The molecule has 0 amide bonds. The molecule has 2 nitrogen and oxygen atoms in total. The molecule has 0 aromatic rings. The average Bonchev–Trinajstić information content (AvgIpc) is 2.03. The van der Waals surface area contributed by atoms with Gasteiger partial charge in [-0.15, -0.1) is 0 Å². The first-order valence-electron chi connectivity index (χ1n) is 3.96. The fourth-order valence-electron chi connectivity index (χ4n) is 1.51. The zero-order chi connectivity index (χ0) is 8.27. The molecule has 0 bridgehead atoms. The smallest absolute Gasteiger partial charge is 0.308 e.